The number of hydrogen-bond acceptors (Lipinski definition) is 5. The number of amides is 1. The molecule has 0 atom stereocenters. The third kappa shape index (κ3) is 2.44. The van der Waals surface area contributed by atoms with Crippen molar-refractivity contribution in [3.8, 4) is 0 Å². The second kappa shape index (κ2) is 4.94. The van der Waals surface area contributed by atoms with Crippen LogP contribution in [-0.4, -0.2) is 35.4 Å². The number of carbonyl (C=O) groups is 1. The number of nitrogens with two attached hydrogens (primary N) is 1. The van der Waals surface area contributed by atoms with Gasteiger partial charge in [-0.3, -0.25) is 4.79 Å². The van der Waals surface area contributed by atoms with Crippen LogP contribution >= 0.6 is 11.3 Å². The molecule has 0 bridgehead atoms. The van der Waals surface area contributed by atoms with Crippen molar-refractivity contribution in [3.05, 3.63) is 16.3 Å². The third-order valence-electron chi connectivity index (χ3n) is 1.68. The summed E-state index contributed by atoms with van der Waals surface area (Å²) in [5.74, 6) is -0.370. The molecule has 1 amide bonds. The molecule has 0 saturated carbocycles. The van der Waals surface area contributed by atoms with Crippen LogP contribution in [0.1, 0.15) is 9.67 Å². The number of aliphatic hydroxyl groups excluding tert-OH is 2. The number of anilines is 1. The molecule has 0 aliphatic rings. The van der Waals surface area contributed by atoms with E-state index in [1.165, 1.54) is 11.3 Å². The molecule has 1 heterocycles. The summed E-state index contributed by atoms with van der Waals surface area (Å²) in [5, 5.41) is 21.6. The molecule has 0 unspecified atom stereocenters. The molecular weight excluding hydrogens is 204 g/mol. The largest absolute Gasteiger partial charge is 0.397 e. The molecule has 0 fully saturated rings. The van der Waals surface area contributed by atoms with Crippen molar-refractivity contribution in [2.75, 3.05) is 18.9 Å². The van der Waals surface area contributed by atoms with Crippen molar-refractivity contribution < 1.29 is 15.0 Å². The molecule has 6 heteroatoms. The summed E-state index contributed by atoms with van der Waals surface area (Å²) < 4.78 is 0. The van der Waals surface area contributed by atoms with Crippen LogP contribution in [0.25, 0.3) is 0 Å². The molecule has 0 aliphatic heterocycles. The predicted molar refractivity (Wildman–Crippen MR) is 54.2 cm³/mol. The van der Waals surface area contributed by atoms with Crippen LogP contribution in [0.4, 0.5) is 5.69 Å². The zero-order valence-electron chi connectivity index (χ0n) is 7.43. The second-order valence-corrected chi connectivity index (χ2v) is 3.66. The number of hydrogen-bond donors (Lipinski definition) is 4. The maximum Gasteiger partial charge on any atom is 0.263 e. The Morgan fingerprint density at radius 1 is 1.57 bits per heavy atom. The molecule has 1 rings (SSSR count). The molecule has 78 valence electrons. The summed E-state index contributed by atoms with van der Waals surface area (Å²) in [6.45, 7) is -0.596. The first-order chi connectivity index (χ1) is 6.69. The summed E-state index contributed by atoms with van der Waals surface area (Å²) in [5.41, 5.74) is 5.93. The fourth-order valence-electron chi connectivity index (χ4n) is 0.904. The zero-order chi connectivity index (χ0) is 10.6. The average molecular weight is 216 g/mol. The Bertz CT molecular complexity index is 309. The van der Waals surface area contributed by atoms with Crippen LogP contribution in [0.15, 0.2) is 11.4 Å². The standard InChI is InChI=1S/C8H12N2O3S/c9-6-1-2-14-7(6)8(13)10-5(3-11)4-12/h1-2,5,11-12H,3-4,9H2,(H,10,13). The van der Waals surface area contributed by atoms with E-state index in [2.05, 4.69) is 5.32 Å². The monoisotopic (exact) mass is 216 g/mol. The van der Waals surface area contributed by atoms with Crippen LogP contribution in [0, 0.1) is 0 Å². The van der Waals surface area contributed by atoms with Gasteiger partial charge in [0.2, 0.25) is 0 Å². The van der Waals surface area contributed by atoms with E-state index >= 15 is 0 Å². The fourth-order valence-corrected chi connectivity index (χ4v) is 1.62. The molecule has 14 heavy (non-hydrogen) atoms. The number of aliphatic hydroxyl groups is 2. The van der Waals surface area contributed by atoms with Gasteiger partial charge in [-0.05, 0) is 11.4 Å². The fraction of sp³-hybridized carbons (Fsp3) is 0.375. The van der Waals surface area contributed by atoms with Gasteiger partial charge < -0.3 is 21.3 Å². The lowest BCUT2D eigenvalue weighted by Gasteiger charge is -2.12. The van der Waals surface area contributed by atoms with Gasteiger partial charge in [0.15, 0.2) is 0 Å². The van der Waals surface area contributed by atoms with Gasteiger partial charge >= 0.3 is 0 Å². The van der Waals surface area contributed by atoms with E-state index in [0.717, 1.165) is 0 Å². The van der Waals surface area contributed by atoms with Crippen molar-refractivity contribution in [1.82, 2.24) is 5.32 Å². The Morgan fingerprint density at radius 2 is 2.21 bits per heavy atom. The topological polar surface area (TPSA) is 95.6 Å². The third-order valence-corrected chi connectivity index (χ3v) is 2.61. The highest BCUT2D eigenvalue weighted by Gasteiger charge is 2.15. The summed E-state index contributed by atoms with van der Waals surface area (Å²) >= 11 is 1.22. The highest BCUT2D eigenvalue weighted by Crippen LogP contribution is 2.18. The van der Waals surface area contributed by atoms with Gasteiger partial charge in [-0.2, -0.15) is 0 Å². The van der Waals surface area contributed by atoms with E-state index in [1.807, 2.05) is 0 Å². The number of nitrogen functional groups attached to an aromatic ring is 1. The van der Waals surface area contributed by atoms with Crippen LogP contribution in [0.2, 0.25) is 0 Å². The highest BCUT2D eigenvalue weighted by molar-refractivity contribution is 7.12. The van der Waals surface area contributed by atoms with Gasteiger partial charge in [0.25, 0.3) is 5.91 Å². The van der Waals surface area contributed by atoms with Gasteiger partial charge in [0, 0.05) is 0 Å². The van der Waals surface area contributed by atoms with E-state index < -0.39 is 6.04 Å². The highest BCUT2D eigenvalue weighted by atomic mass is 32.1. The zero-order valence-corrected chi connectivity index (χ0v) is 8.25. The Hall–Kier alpha value is -1.11. The van der Waals surface area contributed by atoms with Crippen molar-refractivity contribution in [3.63, 3.8) is 0 Å². The van der Waals surface area contributed by atoms with Gasteiger partial charge in [-0.15, -0.1) is 11.3 Å². The Morgan fingerprint density at radius 3 is 2.64 bits per heavy atom. The van der Waals surface area contributed by atoms with Gasteiger partial charge in [0.1, 0.15) is 4.88 Å². The van der Waals surface area contributed by atoms with Crippen molar-refractivity contribution in [1.29, 1.82) is 0 Å². The van der Waals surface area contributed by atoms with E-state index in [-0.39, 0.29) is 19.1 Å². The maximum absolute atomic E-state index is 11.5. The Kier molecular flexibility index (Phi) is 3.87. The minimum atomic E-state index is -0.635. The summed E-state index contributed by atoms with van der Waals surface area (Å²) in [6, 6.07) is 0.996. The van der Waals surface area contributed by atoms with Crippen LogP contribution in [0.3, 0.4) is 0 Å². The summed E-state index contributed by atoms with van der Waals surface area (Å²) in [4.78, 5) is 11.9. The number of carbonyl (C=O) groups excluding carboxylic acids is 1. The van der Waals surface area contributed by atoms with Gasteiger partial charge in [0.05, 0.1) is 24.9 Å². The van der Waals surface area contributed by atoms with E-state index in [0.29, 0.717) is 10.6 Å². The minimum absolute atomic E-state index is 0.298. The molecule has 0 saturated heterocycles. The molecule has 0 radical (unpaired) electrons. The average Bonchev–Trinajstić information content (AvgIpc) is 2.60. The van der Waals surface area contributed by atoms with Crippen LogP contribution in [0.5, 0.6) is 0 Å². The maximum atomic E-state index is 11.5. The lowest BCUT2D eigenvalue weighted by molar-refractivity contribution is 0.0884. The van der Waals surface area contributed by atoms with E-state index in [1.54, 1.807) is 11.4 Å². The lowest BCUT2D eigenvalue weighted by Crippen LogP contribution is -2.39. The first-order valence-corrected chi connectivity index (χ1v) is 4.92. The summed E-state index contributed by atoms with van der Waals surface area (Å²) in [6.07, 6.45) is 0. The van der Waals surface area contributed by atoms with Gasteiger partial charge in [-0.25, -0.2) is 0 Å². The molecular formula is C8H12N2O3S. The molecule has 0 spiro atoms. The normalized spacial score (nSPS) is 10.5. The first kappa shape index (κ1) is 11.0. The smallest absolute Gasteiger partial charge is 0.263 e. The predicted octanol–water partition coefficient (Wildman–Crippen LogP) is -0.587. The molecule has 0 aromatic carbocycles. The Balaban J connectivity index is 2.63. The van der Waals surface area contributed by atoms with E-state index in [9.17, 15) is 4.79 Å². The molecule has 5 nitrogen and oxygen atoms in total. The van der Waals surface area contributed by atoms with Crippen LogP contribution < -0.4 is 11.1 Å². The number of thiophene rings is 1. The molecule has 1 aromatic rings. The van der Waals surface area contributed by atoms with Gasteiger partial charge in [-0.1, -0.05) is 0 Å². The quantitative estimate of drug-likeness (QED) is 0.541. The van der Waals surface area contributed by atoms with Crippen molar-refractivity contribution >= 4 is 22.9 Å². The SMILES string of the molecule is Nc1ccsc1C(=O)NC(CO)CO. The summed E-state index contributed by atoms with van der Waals surface area (Å²) in [7, 11) is 0. The molecule has 0 aliphatic carbocycles. The molecule has 5 N–H and O–H groups in total. The second-order valence-electron chi connectivity index (χ2n) is 2.74. The number of rotatable bonds is 4. The van der Waals surface area contributed by atoms with Crippen LogP contribution in [-0.2, 0) is 0 Å². The van der Waals surface area contributed by atoms with Crippen molar-refractivity contribution in [2.45, 2.75) is 6.04 Å². The number of nitrogens with one attached hydrogen (secondary N) is 1. The molecule has 1 aromatic heterocycles. The minimum Gasteiger partial charge on any atom is -0.397 e. The lowest BCUT2D eigenvalue weighted by atomic mass is 10.3. The Labute approximate surface area is 85.2 Å². The first-order valence-electron chi connectivity index (χ1n) is 4.04. The van der Waals surface area contributed by atoms with E-state index in [4.69, 9.17) is 15.9 Å². The van der Waals surface area contributed by atoms with Crippen molar-refractivity contribution in [2.24, 2.45) is 0 Å².